The average molecular weight is 347 g/mol. The fourth-order valence-electron chi connectivity index (χ4n) is 3.51. The molecule has 0 heterocycles. The molecule has 0 aliphatic carbocycles. The third-order valence-electron chi connectivity index (χ3n) is 5.37. The van der Waals surface area contributed by atoms with Crippen molar-refractivity contribution in [1.29, 1.82) is 0 Å². The zero-order chi connectivity index (χ0) is 18.9. The van der Waals surface area contributed by atoms with Gasteiger partial charge in [0.1, 0.15) is 5.75 Å². The molecule has 1 unspecified atom stereocenters. The summed E-state index contributed by atoms with van der Waals surface area (Å²) < 4.78 is 0. The van der Waals surface area contributed by atoms with Crippen molar-refractivity contribution in [2.75, 3.05) is 0 Å². The molecule has 0 aliphatic heterocycles. The topological polar surface area (TPSA) is 20.2 Å². The summed E-state index contributed by atoms with van der Waals surface area (Å²) in [5.74, 6) is 1.07. The fourth-order valence-corrected chi connectivity index (χ4v) is 3.51. The van der Waals surface area contributed by atoms with Crippen LogP contribution in [-0.4, -0.2) is 5.11 Å². The van der Waals surface area contributed by atoms with Crippen LogP contribution < -0.4 is 0 Å². The van der Waals surface area contributed by atoms with E-state index >= 15 is 0 Å². The largest absolute Gasteiger partial charge is 0.508 e. The predicted octanol–water partition coefficient (Wildman–Crippen LogP) is 7.76. The molecule has 1 aromatic rings. The van der Waals surface area contributed by atoms with Crippen LogP contribution in [0.3, 0.4) is 0 Å². The van der Waals surface area contributed by atoms with E-state index in [1.54, 1.807) is 0 Å². The van der Waals surface area contributed by atoms with E-state index < -0.39 is 0 Å². The minimum atomic E-state index is 0.338. The van der Waals surface area contributed by atoms with E-state index in [0.717, 1.165) is 6.42 Å². The van der Waals surface area contributed by atoms with Crippen molar-refractivity contribution in [3.63, 3.8) is 0 Å². The van der Waals surface area contributed by atoms with Crippen molar-refractivity contribution in [1.82, 2.24) is 0 Å². The number of aromatic hydroxyl groups is 1. The molecule has 1 nitrogen and oxygen atoms in total. The van der Waals surface area contributed by atoms with Crippen molar-refractivity contribution < 1.29 is 5.11 Å². The van der Waals surface area contributed by atoms with Crippen molar-refractivity contribution in [3.8, 4) is 5.75 Å². The normalized spacial score (nSPS) is 13.8. The van der Waals surface area contributed by atoms with Gasteiger partial charge >= 0.3 is 0 Å². The van der Waals surface area contributed by atoms with Gasteiger partial charge in [-0.05, 0) is 53.7 Å². The van der Waals surface area contributed by atoms with E-state index in [4.69, 9.17) is 0 Å². The number of benzene rings is 1. The molecule has 144 valence electrons. The van der Waals surface area contributed by atoms with Crippen LogP contribution in [0, 0.1) is 16.7 Å². The summed E-state index contributed by atoms with van der Waals surface area (Å²) in [7, 11) is 0. The SMILES string of the molecule is CC(C)(C)CCCCCCCCC(Cc1ccc(O)cc1)C(C)(C)C. The molecule has 1 heteroatoms. The van der Waals surface area contributed by atoms with Crippen LogP contribution in [0.5, 0.6) is 5.75 Å². The maximum absolute atomic E-state index is 9.46. The molecule has 1 aromatic carbocycles. The smallest absolute Gasteiger partial charge is 0.115 e. The molecule has 1 rings (SSSR count). The fraction of sp³-hybridized carbons (Fsp3) is 0.750. The molecule has 0 bridgehead atoms. The summed E-state index contributed by atoms with van der Waals surface area (Å²) in [5.41, 5.74) is 2.18. The Morgan fingerprint density at radius 3 is 1.80 bits per heavy atom. The summed E-state index contributed by atoms with van der Waals surface area (Å²) in [6, 6.07) is 7.77. The molecule has 0 amide bonds. The van der Waals surface area contributed by atoms with Crippen molar-refractivity contribution >= 4 is 0 Å². The van der Waals surface area contributed by atoms with Gasteiger partial charge in [0.05, 0.1) is 0 Å². The summed E-state index contributed by atoms with van der Waals surface area (Å²) in [5, 5.41) is 9.46. The highest BCUT2D eigenvalue weighted by Crippen LogP contribution is 2.33. The summed E-state index contributed by atoms with van der Waals surface area (Å²) >= 11 is 0. The third kappa shape index (κ3) is 10.6. The van der Waals surface area contributed by atoms with E-state index in [1.807, 2.05) is 12.1 Å². The molecule has 0 aromatic heterocycles. The van der Waals surface area contributed by atoms with Gasteiger partial charge in [-0.25, -0.2) is 0 Å². The zero-order valence-electron chi connectivity index (χ0n) is 17.7. The van der Waals surface area contributed by atoms with Crippen LogP contribution in [0.15, 0.2) is 24.3 Å². The molecule has 0 saturated carbocycles. The average Bonchev–Trinajstić information content (AvgIpc) is 2.48. The molecule has 25 heavy (non-hydrogen) atoms. The Morgan fingerprint density at radius 2 is 1.28 bits per heavy atom. The minimum Gasteiger partial charge on any atom is -0.508 e. The molecule has 0 spiro atoms. The number of phenols is 1. The predicted molar refractivity (Wildman–Crippen MR) is 111 cm³/mol. The molecule has 1 N–H and O–H groups in total. The number of phenolic OH excluding ortho intramolecular Hbond substituents is 1. The molecule has 1 atom stereocenters. The lowest BCUT2D eigenvalue weighted by Crippen LogP contribution is -2.22. The second-order valence-corrected chi connectivity index (χ2v) is 10.2. The highest BCUT2D eigenvalue weighted by atomic mass is 16.3. The lowest BCUT2D eigenvalue weighted by Gasteiger charge is -2.31. The Labute approximate surface area is 157 Å². The van der Waals surface area contributed by atoms with Gasteiger partial charge in [0, 0.05) is 0 Å². The van der Waals surface area contributed by atoms with Crippen molar-refractivity contribution in [3.05, 3.63) is 29.8 Å². The minimum absolute atomic E-state index is 0.338. The van der Waals surface area contributed by atoms with Crippen LogP contribution >= 0.6 is 0 Å². The van der Waals surface area contributed by atoms with Crippen LogP contribution in [0.25, 0.3) is 0 Å². The van der Waals surface area contributed by atoms with E-state index in [0.29, 0.717) is 22.5 Å². The van der Waals surface area contributed by atoms with Crippen molar-refractivity contribution in [2.24, 2.45) is 16.7 Å². The molecule has 0 aliphatic rings. The molecular formula is C24H42O. The summed E-state index contributed by atoms with van der Waals surface area (Å²) in [6.07, 6.45) is 12.1. The maximum Gasteiger partial charge on any atom is 0.115 e. The zero-order valence-corrected chi connectivity index (χ0v) is 17.7. The van der Waals surface area contributed by atoms with Gasteiger partial charge in [0.25, 0.3) is 0 Å². The lowest BCUT2D eigenvalue weighted by molar-refractivity contribution is 0.218. The van der Waals surface area contributed by atoms with Gasteiger partial charge in [-0.1, -0.05) is 92.2 Å². The first kappa shape index (κ1) is 22.1. The highest BCUT2D eigenvalue weighted by molar-refractivity contribution is 5.26. The number of rotatable bonds is 10. The van der Waals surface area contributed by atoms with Crippen molar-refractivity contribution in [2.45, 2.75) is 99.3 Å². The quantitative estimate of drug-likeness (QED) is 0.429. The Morgan fingerprint density at radius 1 is 0.760 bits per heavy atom. The Kier molecular flexibility index (Phi) is 9.03. The second-order valence-electron chi connectivity index (χ2n) is 10.2. The summed E-state index contributed by atoms with van der Waals surface area (Å²) in [4.78, 5) is 0. The lowest BCUT2D eigenvalue weighted by atomic mass is 9.74. The van der Waals surface area contributed by atoms with E-state index in [-0.39, 0.29) is 0 Å². The Bertz CT molecular complexity index is 458. The monoisotopic (exact) mass is 346 g/mol. The number of hydrogen-bond donors (Lipinski definition) is 1. The van der Waals surface area contributed by atoms with Crippen LogP contribution in [-0.2, 0) is 6.42 Å². The maximum atomic E-state index is 9.46. The van der Waals surface area contributed by atoms with Gasteiger partial charge in [-0.3, -0.25) is 0 Å². The van der Waals surface area contributed by atoms with Gasteiger partial charge < -0.3 is 5.11 Å². The van der Waals surface area contributed by atoms with Gasteiger partial charge in [0.15, 0.2) is 0 Å². The first-order valence-corrected chi connectivity index (χ1v) is 10.4. The van der Waals surface area contributed by atoms with Crippen LogP contribution in [0.1, 0.15) is 98.5 Å². The number of hydrogen-bond acceptors (Lipinski definition) is 1. The molecular weight excluding hydrogens is 304 g/mol. The first-order valence-electron chi connectivity index (χ1n) is 10.4. The third-order valence-corrected chi connectivity index (χ3v) is 5.37. The second kappa shape index (κ2) is 10.2. The Balaban J connectivity index is 2.27. The van der Waals surface area contributed by atoms with Gasteiger partial charge in [-0.2, -0.15) is 0 Å². The standard InChI is InChI=1S/C24H42O/c1-23(2,3)18-12-10-8-7-9-11-13-21(24(4,5)6)19-20-14-16-22(25)17-15-20/h14-17,21,25H,7-13,18-19H2,1-6H3. The van der Waals surface area contributed by atoms with Crippen LogP contribution in [0.4, 0.5) is 0 Å². The highest BCUT2D eigenvalue weighted by Gasteiger charge is 2.24. The van der Waals surface area contributed by atoms with E-state index in [9.17, 15) is 5.11 Å². The molecule has 0 fully saturated rings. The molecule has 0 radical (unpaired) electrons. The Hall–Kier alpha value is -0.980. The summed E-state index contributed by atoms with van der Waals surface area (Å²) in [6.45, 7) is 14.1. The first-order chi connectivity index (χ1) is 11.6. The van der Waals surface area contributed by atoms with E-state index in [2.05, 4.69) is 53.7 Å². The van der Waals surface area contributed by atoms with Crippen LogP contribution in [0.2, 0.25) is 0 Å². The van der Waals surface area contributed by atoms with E-state index in [1.165, 1.54) is 56.9 Å². The van der Waals surface area contributed by atoms with Gasteiger partial charge in [-0.15, -0.1) is 0 Å². The number of unbranched alkanes of at least 4 members (excludes halogenated alkanes) is 5. The molecule has 0 saturated heterocycles. The van der Waals surface area contributed by atoms with Gasteiger partial charge in [0.2, 0.25) is 0 Å².